The van der Waals surface area contributed by atoms with Crippen LogP contribution in [0.15, 0.2) is 0 Å². The molecular formula is C12H22N4O5S. The van der Waals surface area contributed by atoms with E-state index in [1.54, 1.807) is 0 Å². The lowest BCUT2D eigenvalue weighted by atomic mass is 10.1. The molecule has 10 heteroatoms. The first-order valence-corrected chi connectivity index (χ1v) is 8.01. The van der Waals surface area contributed by atoms with Crippen molar-refractivity contribution in [2.45, 2.75) is 31.3 Å². The Morgan fingerprint density at radius 3 is 2.23 bits per heavy atom. The summed E-state index contributed by atoms with van der Waals surface area (Å²) in [4.78, 5) is 45.2. The Balaban J connectivity index is 4.75. The first-order valence-electron chi connectivity index (χ1n) is 6.61. The molecule has 3 amide bonds. The zero-order valence-corrected chi connectivity index (χ0v) is 13.1. The van der Waals surface area contributed by atoms with Gasteiger partial charge >= 0.3 is 5.97 Å². The van der Waals surface area contributed by atoms with Crippen LogP contribution in [0, 0.1) is 0 Å². The average molecular weight is 334 g/mol. The molecule has 7 N–H and O–H groups in total. The van der Waals surface area contributed by atoms with Crippen molar-refractivity contribution in [1.29, 1.82) is 0 Å². The second-order valence-electron chi connectivity index (χ2n) is 4.51. The second kappa shape index (κ2) is 10.9. The number of carbonyl (C=O) groups is 4. The molecule has 22 heavy (non-hydrogen) atoms. The van der Waals surface area contributed by atoms with Crippen LogP contribution >= 0.6 is 11.8 Å². The Morgan fingerprint density at radius 2 is 1.77 bits per heavy atom. The van der Waals surface area contributed by atoms with Gasteiger partial charge in [-0.05, 0) is 24.9 Å². The molecule has 0 rings (SSSR count). The summed E-state index contributed by atoms with van der Waals surface area (Å²) in [5.74, 6) is -2.47. The topological polar surface area (TPSA) is 165 Å². The Morgan fingerprint density at radius 1 is 1.14 bits per heavy atom. The van der Waals surface area contributed by atoms with Gasteiger partial charge in [0.25, 0.3) is 0 Å². The third-order valence-electron chi connectivity index (χ3n) is 2.74. The summed E-state index contributed by atoms with van der Waals surface area (Å²) in [6, 6.07) is -2.12. The van der Waals surface area contributed by atoms with E-state index in [0.717, 1.165) is 0 Å². The fraction of sp³-hybridized carbons (Fsp3) is 0.667. The number of rotatable bonds is 11. The Bertz CT molecular complexity index is 418. The van der Waals surface area contributed by atoms with Crippen molar-refractivity contribution < 1.29 is 24.3 Å². The van der Waals surface area contributed by atoms with Gasteiger partial charge in [0.15, 0.2) is 0 Å². The number of carboxylic acids is 1. The smallest absolute Gasteiger partial charge is 0.326 e. The third-order valence-corrected chi connectivity index (χ3v) is 3.39. The Labute approximate surface area is 132 Å². The quantitative estimate of drug-likeness (QED) is 0.292. The highest BCUT2D eigenvalue weighted by Crippen LogP contribution is 2.04. The van der Waals surface area contributed by atoms with Crippen LogP contribution in [-0.2, 0) is 19.2 Å². The summed E-state index contributed by atoms with van der Waals surface area (Å²) in [6.07, 6.45) is 1.89. The number of carbonyl (C=O) groups excluding carboxylic acids is 3. The molecule has 0 aromatic rings. The monoisotopic (exact) mass is 334 g/mol. The van der Waals surface area contributed by atoms with Gasteiger partial charge in [0, 0.05) is 6.42 Å². The predicted octanol–water partition coefficient (Wildman–Crippen LogP) is -1.98. The van der Waals surface area contributed by atoms with E-state index in [1.165, 1.54) is 11.8 Å². The van der Waals surface area contributed by atoms with E-state index in [0.29, 0.717) is 12.2 Å². The molecule has 0 aromatic heterocycles. The minimum absolute atomic E-state index is 0.115. The van der Waals surface area contributed by atoms with Crippen molar-refractivity contribution in [1.82, 2.24) is 10.6 Å². The van der Waals surface area contributed by atoms with Crippen LogP contribution in [0.5, 0.6) is 0 Å². The van der Waals surface area contributed by atoms with Crippen LogP contribution in [0.4, 0.5) is 0 Å². The third kappa shape index (κ3) is 8.47. The van der Waals surface area contributed by atoms with Gasteiger partial charge in [0.05, 0.1) is 6.54 Å². The summed E-state index contributed by atoms with van der Waals surface area (Å²) in [6.45, 7) is -0.271. The number of carboxylic acid groups (broad SMARTS) is 1. The number of hydrogen-bond acceptors (Lipinski definition) is 6. The molecule has 0 aliphatic carbocycles. The molecule has 0 aliphatic rings. The number of primary amides is 1. The summed E-state index contributed by atoms with van der Waals surface area (Å²) < 4.78 is 0. The molecule has 2 unspecified atom stereocenters. The Hall–Kier alpha value is -1.81. The maximum Gasteiger partial charge on any atom is 0.326 e. The largest absolute Gasteiger partial charge is 0.480 e. The van der Waals surface area contributed by atoms with Gasteiger partial charge in [0.2, 0.25) is 17.7 Å². The molecule has 0 fully saturated rings. The van der Waals surface area contributed by atoms with Gasteiger partial charge in [-0.1, -0.05) is 0 Å². The van der Waals surface area contributed by atoms with E-state index < -0.39 is 35.8 Å². The fourth-order valence-electron chi connectivity index (χ4n) is 1.57. The van der Waals surface area contributed by atoms with Crippen molar-refractivity contribution >= 4 is 35.5 Å². The highest BCUT2D eigenvalue weighted by atomic mass is 32.2. The number of amides is 3. The summed E-state index contributed by atoms with van der Waals surface area (Å²) in [5.41, 5.74) is 10.1. The van der Waals surface area contributed by atoms with Gasteiger partial charge in [0.1, 0.15) is 12.1 Å². The van der Waals surface area contributed by atoms with Crippen molar-refractivity contribution in [3.05, 3.63) is 0 Å². The molecule has 0 saturated carbocycles. The van der Waals surface area contributed by atoms with Crippen LogP contribution in [0.25, 0.3) is 0 Å². The van der Waals surface area contributed by atoms with Crippen molar-refractivity contribution in [2.24, 2.45) is 11.5 Å². The SMILES string of the molecule is CSCCC(NC(=O)CN)C(=O)NC(CCC(N)=O)C(=O)O. The lowest BCUT2D eigenvalue weighted by Crippen LogP contribution is -2.52. The van der Waals surface area contributed by atoms with E-state index in [9.17, 15) is 19.2 Å². The van der Waals surface area contributed by atoms with Crippen LogP contribution in [0.1, 0.15) is 19.3 Å². The lowest BCUT2D eigenvalue weighted by molar-refractivity contribution is -0.142. The maximum absolute atomic E-state index is 12.1. The Kier molecular flexibility index (Phi) is 9.96. The van der Waals surface area contributed by atoms with Gasteiger partial charge in [-0.3, -0.25) is 14.4 Å². The summed E-state index contributed by atoms with van der Waals surface area (Å²) in [7, 11) is 0. The highest BCUT2D eigenvalue weighted by Gasteiger charge is 2.26. The van der Waals surface area contributed by atoms with Crippen LogP contribution in [-0.4, -0.2) is 59.4 Å². The molecule has 0 spiro atoms. The number of nitrogens with one attached hydrogen (secondary N) is 2. The van der Waals surface area contributed by atoms with E-state index in [-0.39, 0.29) is 19.4 Å². The van der Waals surface area contributed by atoms with E-state index in [1.807, 2.05) is 6.26 Å². The second-order valence-corrected chi connectivity index (χ2v) is 5.50. The number of aliphatic carboxylic acids is 1. The zero-order valence-electron chi connectivity index (χ0n) is 12.3. The molecule has 0 aliphatic heterocycles. The van der Waals surface area contributed by atoms with Crippen molar-refractivity contribution in [3.8, 4) is 0 Å². The fourth-order valence-corrected chi connectivity index (χ4v) is 2.05. The van der Waals surface area contributed by atoms with E-state index in [4.69, 9.17) is 16.6 Å². The van der Waals surface area contributed by atoms with E-state index in [2.05, 4.69) is 10.6 Å². The van der Waals surface area contributed by atoms with Gasteiger partial charge in [-0.15, -0.1) is 0 Å². The van der Waals surface area contributed by atoms with Crippen molar-refractivity contribution in [2.75, 3.05) is 18.6 Å². The maximum atomic E-state index is 12.1. The number of hydrogen-bond donors (Lipinski definition) is 5. The molecule has 0 bridgehead atoms. The molecule has 0 radical (unpaired) electrons. The highest BCUT2D eigenvalue weighted by molar-refractivity contribution is 7.98. The molecule has 9 nitrogen and oxygen atoms in total. The first-order chi connectivity index (χ1) is 10.3. The molecular weight excluding hydrogens is 312 g/mol. The van der Waals surface area contributed by atoms with Crippen LogP contribution < -0.4 is 22.1 Å². The summed E-state index contributed by atoms with van der Waals surface area (Å²) in [5, 5.41) is 13.8. The van der Waals surface area contributed by atoms with Crippen molar-refractivity contribution in [3.63, 3.8) is 0 Å². The molecule has 2 atom stereocenters. The molecule has 0 saturated heterocycles. The van der Waals surface area contributed by atoms with Gasteiger partial charge < -0.3 is 27.2 Å². The minimum atomic E-state index is -1.27. The van der Waals surface area contributed by atoms with Crippen LogP contribution in [0.3, 0.4) is 0 Å². The average Bonchev–Trinajstić information content (AvgIpc) is 2.46. The normalized spacial score (nSPS) is 13.0. The van der Waals surface area contributed by atoms with Crippen LogP contribution in [0.2, 0.25) is 0 Å². The number of nitrogens with two attached hydrogens (primary N) is 2. The molecule has 0 aromatic carbocycles. The van der Waals surface area contributed by atoms with Gasteiger partial charge in [-0.25, -0.2) is 4.79 Å². The summed E-state index contributed by atoms with van der Waals surface area (Å²) >= 11 is 1.48. The lowest BCUT2D eigenvalue weighted by Gasteiger charge is -2.21. The minimum Gasteiger partial charge on any atom is -0.480 e. The zero-order chi connectivity index (χ0) is 17.1. The standard InChI is InChI=1S/C12H22N4O5S/c1-22-5-4-7(15-10(18)6-13)11(19)16-8(12(20)21)2-3-9(14)17/h7-8H,2-6,13H2,1H3,(H2,14,17)(H,15,18)(H,16,19)(H,20,21). The van der Waals surface area contributed by atoms with Gasteiger partial charge in [-0.2, -0.15) is 11.8 Å². The van der Waals surface area contributed by atoms with E-state index >= 15 is 0 Å². The first kappa shape index (κ1) is 20.2. The predicted molar refractivity (Wildman–Crippen MR) is 82.0 cm³/mol. The number of thioether (sulfide) groups is 1. The molecule has 126 valence electrons. The molecule has 0 heterocycles.